The molecule has 0 aliphatic heterocycles. The zero-order chi connectivity index (χ0) is 15.8. The number of hydrogen-bond acceptors (Lipinski definition) is 3. The Hall–Kier alpha value is -1.84. The molecule has 1 heterocycles. The van der Waals surface area contributed by atoms with Gasteiger partial charge in [0.15, 0.2) is 0 Å². The van der Waals surface area contributed by atoms with Crippen LogP contribution in [0.2, 0.25) is 0 Å². The lowest BCUT2D eigenvalue weighted by Gasteiger charge is -2.13. The number of hydrogen-bond donors (Lipinski definition) is 2. The predicted molar refractivity (Wildman–Crippen MR) is 91.1 cm³/mol. The van der Waals surface area contributed by atoms with Crippen LogP contribution in [0.15, 0.2) is 30.0 Å². The fourth-order valence-electron chi connectivity index (χ4n) is 2.51. The highest BCUT2D eigenvalue weighted by Gasteiger charge is 2.07. The smallest absolute Gasteiger partial charge is 0.252 e. The van der Waals surface area contributed by atoms with Crippen LogP contribution in [0.1, 0.15) is 56.3 Å². The van der Waals surface area contributed by atoms with Gasteiger partial charge in [-0.1, -0.05) is 25.5 Å². The van der Waals surface area contributed by atoms with Gasteiger partial charge in [-0.05, 0) is 50.2 Å². The lowest BCUT2D eigenvalue weighted by molar-refractivity contribution is 0.0948. The van der Waals surface area contributed by atoms with Crippen LogP contribution in [-0.2, 0) is 0 Å². The molecule has 0 bridgehead atoms. The minimum Gasteiger partial charge on any atom is -0.370 e. The monoisotopic (exact) mass is 301 g/mol. The molecule has 0 saturated carbocycles. The summed E-state index contributed by atoms with van der Waals surface area (Å²) >= 11 is 0. The summed E-state index contributed by atoms with van der Waals surface area (Å²) in [6.07, 6.45) is 10.2. The summed E-state index contributed by atoms with van der Waals surface area (Å²) in [6.45, 7) is 5.74. The van der Waals surface area contributed by atoms with Crippen molar-refractivity contribution in [2.24, 2.45) is 5.92 Å². The molecule has 0 saturated heterocycles. The van der Waals surface area contributed by atoms with Crippen molar-refractivity contribution < 1.29 is 4.79 Å². The van der Waals surface area contributed by atoms with Crippen molar-refractivity contribution in [1.82, 2.24) is 10.3 Å². The quantitative estimate of drug-likeness (QED) is 0.754. The summed E-state index contributed by atoms with van der Waals surface area (Å²) in [5, 5.41) is 6.22. The van der Waals surface area contributed by atoms with Crippen molar-refractivity contribution in [2.75, 3.05) is 18.4 Å². The maximum Gasteiger partial charge on any atom is 0.252 e. The molecule has 4 heteroatoms. The standard InChI is InChI=1S/C18H27N3O/c1-14(2)12-21-18(22)16-8-9-17(20-13-16)19-11-10-15-6-4-3-5-7-15/h6,8-9,13-14H,3-5,7,10-12H2,1-2H3,(H,19,20)(H,21,22). The Kier molecular flexibility index (Phi) is 6.44. The third-order valence-electron chi connectivity index (χ3n) is 3.83. The van der Waals surface area contributed by atoms with Gasteiger partial charge < -0.3 is 10.6 Å². The summed E-state index contributed by atoms with van der Waals surface area (Å²) in [6, 6.07) is 3.70. The average molecular weight is 301 g/mol. The summed E-state index contributed by atoms with van der Waals surface area (Å²) in [4.78, 5) is 16.2. The van der Waals surface area contributed by atoms with Gasteiger partial charge >= 0.3 is 0 Å². The first-order valence-corrected chi connectivity index (χ1v) is 8.31. The minimum atomic E-state index is -0.0555. The topological polar surface area (TPSA) is 54.0 Å². The molecule has 1 aliphatic rings. The van der Waals surface area contributed by atoms with E-state index >= 15 is 0 Å². The number of carbonyl (C=O) groups is 1. The first kappa shape index (κ1) is 16.5. The zero-order valence-electron chi connectivity index (χ0n) is 13.7. The molecule has 120 valence electrons. The van der Waals surface area contributed by atoms with E-state index < -0.39 is 0 Å². The Morgan fingerprint density at radius 1 is 1.32 bits per heavy atom. The summed E-state index contributed by atoms with van der Waals surface area (Å²) in [5.41, 5.74) is 2.17. The van der Waals surface area contributed by atoms with E-state index in [0.717, 1.165) is 18.8 Å². The SMILES string of the molecule is CC(C)CNC(=O)c1ccc(NCCC2=CCCCC2)nc1. The van der Waals surface area contributed by atoms with Crippen LogP contribution in [0.5, 0.6) is 0 Å². The molecule has 0 fully saturated rings. The van der Waals surface area contributed by atoms with Crippen molar-refractivity contribution >= 4 is 11.7 Å². The van der Waals surface area contributed by atoms with Crippen LogP contribution >= 0.6 is 0 Å². The molecule has 22 heavy (non-hydrogen) atoms. The number of carbonyl (C=O) groups excluding carboxylic acids is 1. The van der Waals surface area contributed by atoms with E-state index in [9.17, 15) is 4.79 Å². The molecule has 0 radical (unpaired) electrons. The van der Waals surface area contributed by atoms with E-state index in [1.165, 1.54) is 25.7 Å². The van der Waals surface area contributed by atoms with Gasteiger partial charge in [-0.3, -0.25) is 4.79 Å². The third kappa shape index (κ3) is 5.51. The van der Waals surface area contributed by atoms with Crippen molar-refractivity contribution in [2.45, 2.75) is 46.0 Å². The lowest BCUT2D eigenvalue weighted by atomic mass is 9.97. The molecule has 0 aromatic carbocycles. The average Bonchev–Trinajstić information content (AvgIpc) is 2.54. The number of aromatic nitrogens is 1. The molecule has 1 amide bonds. The number of nitrogens with zero attached hydrogens (tertiary/aromatic N) is 1. The van der Waals surface area contributed by atoms with E-state index in [2.05, 4.69) is 35.5 Å². The number of pyridine rings is 1. The lowest BCUT2D eigenvalue weighted by Crippen LogP contribution is -2.27. The Balaban J connectivity index is 1.76. The number of nitrogens with one attached hydrogen (secondary N) is 2. The highest BCUT2D eigenvalue weighted by Crippen LogP contribution is 2.19. The van der Waals surface area contributed by atoms with Crippen LogP contribution in [0.3, 0.4) is 0 Å². The maximum atomic E-state index is 11.9. The second-order valence-electron chi connectivity index (χ2n) is 6.32. The van der Waals surface area contributed by atoms with Gasteiger partial charge in [-0.15, -0.1) is 0 Å². The molecule has 1 aromatic heterocycles. The summed E-state index contributed by atoms with van der Waals surface area (Å²) in [7, 11) is 0. The number of allylic oxidation sites excluding steroid dienone is 1. The molecular weight excluding hydrogens is 274 g/mol. The molecule has 1 aliphatic carbocycles. The predicted octanol–water partition coefficient (Wildman–Crippen LogP) is 3.77. The maximum absolute atomic E-state index is 11.9. The molecular formula is C18H27N3O. The molecule has 2 N–H and O–H groups in total. The molecule has 0 unspecified atom stereocenters. The van der Waals surface area contributed by atoms with Gasteiger partial charge in [0, 0.05) is 19.3 Å². The number of rotatable bonds is 7. The van der Waals surface area contributed by atoms with Gasteiger partial charge in [0.25, 0.3) is 5.91 Å². The van der Waals surface area contributed by atoms with Gasteiger partial charge in [0.2, 0.25) is 0 Å². The van der Waals surface area contributed by atoms with Crippen LogP contribution in [0.4, 0.5) is 5.82 Å². The van der Waals surface area contributed by atoms with Crippen LogP contribution in [0, 0.1) is 5.92 Å². The summed E-state index contributed by atoms with van der Waals surface area (Å²) < 4.78 is 0. The number of amides is 1. The molecule has 0 atom stereocenters. The van der Waals surface area contributed by atoms with Crippen LogP contribution in [-0.4, -0.2) is 24.0 Å². The van der Waals surface area contributed by atoms with E-state index in [4.69, 9.17) is 0 Å². The van der Waals surface area contributed by atoms with E-state index in [0.29, 0.717) is 18.0 Å². The molecule has 0 spiro atoms. The fraction of sp³-hybridized carbons (Fsp3) is 0.556. The highest BCUT2D eigenvalue weighted by molar-refractivity contribution is 5.94. The molecule has 2 rings (SSSR count). The normalized spacial score (nSPS) is 14.6. The van der Waals surface area contributed by atoms with Crippen molar-refractivity contribution in [3.63, 3.8) is 0 Å². The Bertz CT molecular complexity index is 506. The van der Waals surface area contributed by atoms with E-state index in [1.807, 2.05) is 12.1 Å². The first-order chi connectivity index (χ1) is 10.6. The number of anilines is 1. The van der Waals surface area contributed by atoms with Gasteiger partial charge in [-0.2, -0.15) is 0 Å². The first-order valence-electron chi connectivity index (χ1n) is 8.31. The highest BCUT2D eigenvalue weighted by atomic mass is 16.1. The van der Waals surface area contributed by atoms with E-state index in [-0.39, 0.29) is 5.91 Å². The Morgan fingerprint density at radius 3 is 2.82 bits per heavy atom. The van der Waals surface area contributed by atoms with E-state index in [1.54, 1.807) is 11.8 Å². The summed E-state index contributed by atoms with van der Waals surface area (Å²) in [5.74, 6) is 1.23. The Morgan fingerprint density at radius 2 is 2.18 bits per heavy atom. The van der Waals surface area contributed by atoms with Gasteiger partial charge in [0.05, 0.1) is 5.56 Å². The fourth-order valence-corrected chi connectivity index (χ4v) is 2.51. The van der Waals surface area contributed by atoms with Crippen molar-refractivity contribution in [3.05, 3.63) is 35.5 Å². The second kappa shape index (κ2) is 8.57. The van der Waals surface area contributed by atoms with Crippen molar-refractivity contribution in [1.29, 1.82) is 0 Å². The molecule has 1 aromatic rings. The zero-order valence-corrected chi connectivity index (χ0v) is 13.7. The van der Waals surface area contributed by atoms with Gasteiger partial charge in [0.1, 0.15) is 5.82 Å². The van der Waals surface area contributed by atoms with Crippen LogP contribution in [0.25, 0.3) is 0 Å². The van der Waals surface area contributed by atoms with Crippen molar-refractivity contribution in [3.8, 4) is 0 Å². The second-order valence-corrected chi connectivity index (χ2v) is 6.32. The van der Waals surface area contributed by atoms with Gasteiger partial charge in [-0.25, -0.2) is 4.98 Å². The Labute approximate surface area is 133 Å². The largest absolute Gasteiger partial charge is 0.370 e. The minimum absolute atomic E-state index is 0.0555. The molecule has 4 nitrogen and oxygen atoms in total. The van der Waals surface area contributed by atoms with Crippen LogP contribution < -0.4 is 10.6 Å². The third-order valence-corrected chi connectivity index (χ3v) is 3.83.